The van der Waals surface area contributed by atoms with Gasteiger partial charge in [0.15, 0.2) is 0 Å². The molecule has 0 saturated carbocycles. The fraction of sp³-hybridized carbons (Fsp3) is 0.222. The Morgan fingerprint density at radius 2 is 1.69 bits per heavy atom. The molecule has 0 aliphatic heterocycles. The monoisotopic (exact) mass is 176 g/mol. The SMILES string of the molecule is C=CCc1nnc(N)nc1CC=C. The highest BCUT2D eigenvalue weighted by atomic mass is 15.2. The smallest absolute Gasteiger partial charge is 0.240 e. The number of hydrogen-bond acceptors (Lipinski definition) is 4. The van der Waals surface area contributed by atoms with Crippen LogP contribution in [0.1, 0.15) is 11.4 Å². The first-order valence-electron chi connectivity index (χ1n) is 3.97. The van der Waals surface area contributed by atoms with Gasteiger partial charge < -0.3 is 5.73 Å². The van der Waals surface area contributed by atoms with Gasteiger partial charge in [0.25, 0.3) is 0 Å². The van der Waals surface area contributed by atoms with Crippen LogP contribution >= 0.6 is 0 Å². The molecule has 1 heterocycles. The molecule has 0 aromatic carbocycles. The topological polar surface area (TPSA) is 64.7 Å². The van der Waals surface area contributed by atoms with Gasteiger partial charge in [-0.3, -0.25) is 0 Å². The first-order chi connectivity index (χ1) is 6.27. The molecule has 0 aliphatic rings. The lowest BCUT2D eigenvalue weighted by Gasteiger charge is -2.02. The van der Waals surface area contributed by atoms with Crippen molar-refractivity contribution in [2.75, 3.05) is 5.73 Å². The van der Waals surface area contributed by atoms with Crippen LogP contribution in [0.15, 0.2) is 25.3 Å². The molecule has 0 spiro atoms. The summed E-state index contributed by atoms with van der Waals surface area (Å²) in [7, 11) is 0. The van der Waals surface area contributed by atoms with E-state index in [2.05, 4.69) is 28.3 Å². The Labute approximate surface area is 77.2 Å². The lowest BCUT2D eigenvalue weighted by atomic mass is 10.2. The molecule has 0 amide bonds. The minimum absolute atomic E-state index is 0.199. The Morgan fingerprint density at radius 1 is 1.08 bits per heavy atom. The molecule has 0 saturated heterocycles. The minimum atomic E-state index is 0.199. The van der Waals surface area contributed by atoms with Crippen molar-refractivity contribution in [1.29, 1.82) is 0 Å². The third-order valence-electron chi connectivity index (χ3n) is 1.53. The van der Waals surface area contributed by atoms with Crippen molar-refractivity contribution in [3.8, 4) is 0 Å². The van der Waals surface area contributed by atoms with Gasteiger partial charge in [0, 0.05) is 12.8 Å². The van der Waals surface area contributed by atoms with E-state index in [1.165, 1.54) is 0 Å². The highest BCUT2D eigenvalue weighted by Crippen LogP contribution is 2.05. The molecule has 4 heteroatoms. The molecule has 0 aliphatic carbocycles. The molecule has 1 rings (SSSR count). The van der Waals surface area contributed by atoms with Crippen LogP contribution in [0.25, 0.3) is 0 Å². The highest BCUT2D eigenvalue weighted by Gasteiger charge is 2.04. The van der Waals surface area contributed by atoms with Gasteiger partial charge in [-0.15, -0.1) is 23.4 Å². The molecular formula is C9H12N4. The second-order valence-electron chi connectivity index (χ2n) is 2.55. The van der Waals surface area contributed by atoms with Gasteiger partial charge >= 0.3 is 0 Å². The molecule has 13 heavy (non-hydrogen) atoms. The average Bonchev–Trinajstić information content (AvgIpc) is 2.10. The molecular weight excluding hydrogens is 164 g/mol. The van der Waals surface area contributed by atoms with Crippen molar-refractivity contribution in [3.05, 3.63) is 36.7 Å². The van der Waals surface area contributed by atoms with Gasteiger partial charge in [-0.05, 0) is 0 Å². The fourth-order valence-corrected chi connectivity index (χ4v) is 0.990. The van der Waals surface area contributed by atoms with Crippen LogP contribution < -0.4 is 5.73 Å². The lowest BCUT2D eigenvalue weighted by molar-refractivity contribution is 0.867. The summed E-state index contributed by atoms with van der Waals surface area (Å²) in [4.78, 5) is 4.07. The van der Waals surface area contributed by atoms with Crippen LogP contribution in [0.2, 0.25) is 0 Å². The van der Waals surface area contributed by atoms with Gasteiger partial charge in [-0.25, -0.2) is 4.98 Å². The van der Waals surface area contributed by atoms with E-state index in [9.17, 15) is 0 Å². The van der Waals surface area contributed by atoms with Crippen LogP contribution in [-0.2, 0) is 12.8 Å². The van der Waals surface area contributed by atoms with Crippen molar-refractivity contribution in [2.24, 2.45) is 0 Å². The van der Waals surface area contributed by atoms with E-state index in [-0.39, 0.29) is 5.95 Å². The normalized spacial score (nSPS) is 9.54. The first kappa shape index (κ1) is 9.38. The van der Waals surface area contributed by atoms with Crippen LogP contribution in [0.3, 0.4) is 0 Å². The number of nitrogens with zero attached hydrogens (tertiary/aromatic N) is 3. The Hall–Kier alpha value is -1.71. The second kappa shape index (κ2) is 4.35. The van der Waals surface area contributed by atoms with Gasteiger partial charge in [0.1, 0.15) is 0 Å². The zero-order valence-corrected chi connectivity index (χ0v) is 7.40. The van der Waals surface area contributed by atoms with Gasteiger partial charge in [-0.2, -0.15) is 0 Å². The third kappa shape index (κ3) is 2.37. The number of anilines is 1. The maximum atomic E-state index is 5.41. The van der Waals surface area contributed by atoms with Crippen LogP contribution in [0.5, 0.6) is 0 Å². The van der Waals surface area contributed by atoms with E-state index in [4.69, 9.17) is 5.73 Å². The zero-order valence-electron chi connectivity index (χ0n) is 7.40. The third-order valence-corrected chi connectivity index (χ3v) is 1.53. The van der Waals surface area contributed by atoms with E-state index in [0.717, 1.165) is 11.4 Å². The quantitative estimate of drug-likeness (QED) is 0.692. The molecule has 0 radical (unpaired) electrons. The van der Waals surface area contributed by atoms with Crippen molar-refractivity contribution in [1.82, 2.24) is 15.2 Å². The number of rotatable bonds is 4. The Kier molecular flexibility index (Phi) is 3.14. The Balaban J connectivity index is 3.01. The fourth-order valence-electron chi connectivity index (χ4n) is 0.990. The standard InChI is InChI=1S/C9H12N4/c1-3-5-7-8(6-4-2)12-13-9(10)11-7/h3-4H,1-2,5-6H2,(H2,10,11,13). The van der Waals surface area contributed by atoms with Crippen LogP contribution in [0.4, 0.5) is 5.95 Å². The Morgan fingerprint density at radius 3 is 2.31 bits per heavy atom. The van der Waals surface area contributed by atoms with Crippen molar-refractivity contribution in [2.45, 2.75) is 12.8 Å². The average molecular weight is 176 g/mol. The summed E-state index contributed by atoms with van der Waals surface area (Å²) in [5, 5.41) is 7.61. The predicted octanol–water partition coefficient (Wildman–Crippen LogP) is 0.911. The molecule has 68 valence electrons. The van der Waals surface area contributed by atoms with Crippen LogP contribution in [0, 0.1) is 0 Å². The zero-order chi connectivity index (χ0) is 9.68. The molecule has 0 bridgehead atoms. The number of aromatic nitrogens is 3. The maximum Gasteiger partial charge on any atom is 0.240 e. The molecule has 4 nitrogen and oxygen atoms in total. The largest absolute Gasteiger partial charge is 0.366 e. The first-order valence-corrected chi connectivity index (χ1v) is 3.97. The van der Waals surface area contributed by atoms with E-state index in [0.29, 0.717) is 12.8 Å². The van der Waals surface area contributed by atoms with E-state index >= 15 is 0 Å². The van der Waals surface area contributed by atoms with Crippen molar-refractivity contribution >= 4 is 5.95 Å². The van der Waals surface area contributed by atoms with E-state index < -0.39 is 0 Å². The number of nitrogen functional groups attached to an aromatic ring is 1. The Bertz CT molecular complexity index is 319. The van der Waals surface area contributed by atoms with E-state index in [1.807, 2.05) is 0 Å². The number of nitrogens with two attached hydrogens (primary N) is 1. The molecule has 1 aromatic rings. The van der Waals surface area contributed by atoms with Gasteiger partial charge in [-0.1, -0.05) is 12.2 Å². The second-order valence-corrected chi connectivity index (χ2v) is 2.55. The lowest BCUT2D eigenvalue weighted by Crippen LogP contribution is -2.06. The summed E-state index contributed by atoms with van der Waals surface area (Å²) >= 11 is 0. The predicted molar refractivity (Wildman–Crippen MR) is 52.0 cm³/mol. The number of allylic oxidation sites excluding steroid dienone is 2. The van der Waals surface area contributed by atoms with E-state index in [1.54, 1.807) is 12.2 Å². The van der Waals surface area contributed by atoms with Gasteiger partial charge in [0.2, 0.25) is 5.95 Å². The molecule has 0 atom stereocenters. The molecule has 1 aromatic heterocycles. The molecule has 2 N–H and O–H groups in total. The molecule has 0 unspecified atom stereocenters. The summed E-state index contributed by atoms with van der Waals surface area (Å²) in [5.41, 5.74) is 7.04. The minimum Gasteiger partial charge on any atom is -0.366 e. The summed E-state index contributed by atoms with van der Waals surface area (Å²) in [5.74, 6) is 0.199. The van der Waals surface area contributed by atoms with Gasteiger partial charge in [0.05, 0.1) is 11.4 Å². The highest BCUT2D eigenvalue weighted by molar-refractivity contribution is 5.22. The maximum absolute atomic E-state index is 5.41. The summed E-state index contributed by atoms with van der Waals surface area (Å²) in [6.07, 6.45) is 4.83. The van der Waals surface area contributed by atoms with Crippen molar-refractivity contribution in [3.63, 3.8) is 0 Å². The van der Waals surface area contributed by atoms with Crippen molar-refractivity contribution < 1.29 is 0 Å². The molecule has 0 fully saturated rings. The summed E-state index contributed by atoms with van der Waals surface area (Å²) < 4.78 is 0. The summed E-state index contributed by atoms with van der Waals surface area (Å²) in [6.45, 7) is 7.26. The summed E-state index contributed by atoms with van der Waals surface area (Å²) in [6, 6.07) is 0. The van der Waals surface area contributed by atoms with Crippen LogP contribution in [-0.4, -0.2) is 15.2 Å². The number of hydrogen-bond donors (Lipinski definition) is 1.